The summed E-state index contributed by atoms with van der Waals surface area (Å²) in [5.74, 6) is -1.08. The molecule has 0 saturated heterocycles. The van der Waals surface area contributed by atoms with Crippen molar-refractivity contribution in [1.29, 1.82) is 0 Å². The summed E-state index contributed by atoms with van der Waals surface area (Å²) in [4.78, 5) is 8.89. The van der Waals surface area contributed by atoms with Crippen molar-refractivity contribution < 1.29 is 14.5 Å². The van der Waals surface area contributed by atoms with Crippen molar-refractivity contribution in [2.75, 3.05) is 0 Å². The molecule has 4 nitrogen and oxygen atoms in total. The van der Waals surface area contributed by atoms with E-state index in [0.717, 1.165) is 6.92 Å². The molecule has 0 N–H and O–H groups in total. The quantitative estimate of drug-likeness (QED) is 0.371. The number of aliphatic carboxylic acids is 1. The van der Waals surface area contributed by atoms with Gasteiger partial charge in [0.2, 0.25) is 6.33 Å². The molecule has 0 saturated carbocycles. The number of hydrogen-bond donors (Lipinski definition) is 0. The lowest BCUT2D eigenvalue weighted by Crippen LogP contribution is -2.30. The van der Waals surface area contributed by atoms with E-state index in [1.165, 1.54) is 90.1 Å². The van der Waals surface area contributed by atoms with E-state index in [2.05, 4.69) is 41.7 Å². The van der Waals surface area contributed by atoms with Gasteiger partial charge in [0.1, 0.15) is 12.4 Å². The molecule has 0 amide bonds. The number of unbranched alkanes of at least 4 members (excludes halogenated alkanes) is 10. The van der Waals surface area contributed by atoms with E-state index in [1.54, 1.807) is 0 Å². The predicted molar refractivity (Wildman–Crippen MR) is 102 cm³/mol. The first-order chi connectivity index (χ1) is 12.1. The summed E-state index contributed by atoms with van der Waals surface area (Å²) >= 11 is 0. The smallest absolute Gasteiger partial charge is 0.243 e. The molecule has 0 bridgehead atoms. The van der Waals surface area contributed by atoms with E-state index < -0.39 is 5.97 Å². The third kappa shape index (κ3) is 17.3. The Morgan fingerprint density at radius 2 is 1.36 bits per heavy atom. The normalized spacial score (nSPS) is 10.4. The maximum Gasteiger partial charge on any atom is 0.243 e. The van der Waals surface area contributed by atoms with Gasteiger partial charge in [0, 0.05) is 5.97 Å². The van der Waals surface area contributed by atoms with Crippen molar-refractivity contribution in [2.45, 2.75) is 111 Å². The van der Waals surface area contributed by atoms with E-state index in [4.69, 9.17) is 9.90 Å². The van der Waals surface area contributed by atoms with E-state index in [-0.39, 0.29) is 0 Å². The third-order valence-corrected chi connectivity index (χ3v) is 4.29. The van der Waals surface area contributed by atoms with Crippen molar-refractivity contribution in [3.8, 4) is 0 Å². The second kappa shape index (κ2) is 17.5. The first-order valence-electron chi connectivity index (χ1n) is 10.3. The molecule has 0 atom stereocenters. The number of aromatic nitrogens is 2. The summed E-state index contributed by atoms with van der Waals surface area (Å²) in [7, 11) is 0. The number of aryl methyl sites for hydroxylation is 2. The molecular formula is C21H40N2O2. The minimum Gasteiger partial charge on any atom is -0.550 e. The van der Waals surface area contributed by atoms with Gasteiger partial charge in [-0.05, 0) is 26.2 Å². The first-order valence-corrected chi connectivity index (χ1v) is 10.3. The molecule has 0 aromatic carbocycles. The van der Waals surface area contributed by atoms with Crippen LogP contribution in [-0.2, 0) is 17.9 Å². The van der Waals surface area contributed by atoms with Crippen LogP contribution in [-0.4, -0.2) is 10.5 Å². The van der Waals surface area contributed by atoms with Gasteiger partial charge in [-0.25, -0.2) is 9.13 Å². The van der Waals surface area contributed by atoms with E-state index >= 15 is 0 Å². The fourth-order valence-corrected chi connectivity index (χ4v) is 2.83. The fraction of sp³-hybridized carbons (Fsp3) is 0.810. The van der Waals surface area contributed by atoms with Gasteiger partial charge in [-0.15, -0.1) is 0 Å². The van der Waals surface area contributed by atoms with Crippen LogP contribution in [0.3, 0.4) is 0 Å². The van der Waals surface area contributed by atoms with Crippen molar-refractivity contribution in [3.63, 3.8) is 0 Å². The third-order valence-electron chi connectivity index (χ3n) is 4.29. The van der Waals surface area contributed by atoms with Gasteiger partial charge in [-0.1, -0.05) is 71.6 Å². The summed E-state index contributed by atoms with van der Waals surface area (Å²) < 4.78 is 4.67. The molecule has 4 heteroatoms. The lowest BCUT2D eigenvalue weighted by atomic mass is 10.1. The summed E-state index contributed by atoms with van der Waals surface area (Å²) in [6, 6.07) is 0. The van der Waals surface area contributed by atoms with Crippen molar-refractivity contribution in [1.82, 2.24) is 4.57 Å². The Labute approximate surface area is 155 Å². The highest BCUT2D eigenvalue weighted by Crippen LogP contribution is 2.10. The highest BCUT2D eigenvalue weighted by Gasteiger charge is 2.02. The van der Waals surface area contributed by atoms with Crippen LogP contribution in [0, 0.1) is 0 Å². The molecule has 1 aromatic heterocycles. The molecule has 0 radical (unpaired) electrons. The summed E-state index contributed by atoms with van der Waals surface area (Å²) in [5, 5.41) is 8.89. The lowest BCUT2D eigenvalue weighted by Gasteiger charge is -2.01. The molecule has 1 rings (SSSR count). The van der Waals surface area contributed by atoms with Crippen LogP contribution >= 0.6 is 0 Å². The summed E-state index contributed by atoms with van der Waals surface area (Å²) in [6.07, 6.45) is 23.4. The van der Waals surface area contributed by atoms with Gasteiger partial charge in [-0.2, -0.15) is 0 Å². The van der Waals surface area contributed by atoms with Crippen LogP contribution in [0.5, 0.6) is 0 Å². The van der Waals surface area contributed by atoms with Crippen LogP contribution in [0.1, 0.15) is 97.8 Å². The zero-order valence-electron chi connectivity index (χ0n) is 16.8. The molecule has 25 heavy (non-hydrogen) atoms. The monoisotopic (exact) mass is 352 g/mol. The number of imidazole rings is 1. The molecule has 1 heterocycles. The zero-order valence-corrected chi connectivity index (χ0v) is 16.8. The van der Waals surface area contributed by atoms with Crippen LogP contribution < -0.4 is 9.67 Å². The lowest BCUT2D eigenvalue weighted by molar-refractivity contribution is -0.696. The molecule has 0 spiro atoms. The van der Waals surface area contributed by atoms with E-state index in [0.29, 0.717) is 0 Å². The fourth-order valence-electron chi connectivity index (χ4n) is 2.83. The van der Waals surface area contributed by atoms with Crippen LogP contribution in [0.2, 0.25) is 0 Å². The van der Waals surface area contributed by atoms with Crippen molar-refractivity contribution >= 4 is 5.97 Å². The Balaban J connectivity index is 0.00000129. The molecule has 0 aliphatic carbocycles. The van der Waals surface area contributed by atoms with Gasteiger partial charge >= 0.3 is 0 Å². The Morgan fingerprint density at radius 3 is 1.88 bits per heavy atom. The summed E-state index contributed by atoms with van der Waals surface area (Å²) in [5.41, 5.74) is 0. The molecule has 0 aliphatic heterocycles. The number of hydrogen-bond acceptors (Lipinski definition) is 2. The molecule has 1 aromatic rings. The number of rotatable bonds is 14. The largest absolute Gasteiger partial charge is 0.550 e. The number of nitrogens with zero attached hydrogens (tertiary/aromatic N) is 2. The molecule has 0 fully saturated rings. The number of carbonyl (C=O) groups is 1. The van der Waals surface area contributed by atoms with Crippen molar-refractivity contribution in [2.24, 2.45) is 0 Å². The Morgan fingerprint density at radius 1 is 0.880 bits per heavy atom. The highest BCUT2D eigenvalue weighted by molar-refractivity contribution is 5.60. The number of carboxylic acid groups (broad SMARTS) is 1. The predicted octanol–water partition coefficient (Wildman–Crippen LogP) is 4.25. The zero-order chi connectivity index (χ0) is 18.8. The van der Waals surface area contributed by atoms with Gasteiger partial charge in [0.05, 0.1) is 13.1 Å². The SMILES string of the molecule is CC(=O)[O-].CCCCCCCCCCCC[n+]1ccn(CCCC)c1. The van der Waals surface area contributed by atoms with Crippen LogP contribution in [0.15, 0.2) is 18.7 Å². The molecular weight excluding hydrogens is 312 g/mol. The second-order valence-electron chi connectivity index (χ2n) is 6.92. The van der Waals surface area contributed by atoms with Gasteiger partial charge in [0.15, 0.2) is 0 Å². The Bertz CT molecular complexity index is 412. The van der Waals surface area contributed by atoms with E-state index in [9.17, 15) is 0 Å². The van der Waals surface area contributed by atoms with Crippen molar-refractivity contribution in [3.05, 3.63) is 18.7 Å². The van der Waals surface area contributed by atoms with Crippen LogP contribution in [0.4, 0.5) is 0 Å². The molecule has 146 valence electrons. The maximum absolute atomic E-state index is 8.89. The van der Waals surface area contributed by atoms with E-state index in [1.807, 2.05) is 0 Å². The standard InChI is InChI=1S/C19H37N2.C2H4O2/c1-3-5-7-8-9-10-11-12-13-14-16-21-18-17-20(19-21)15-6-4-2;1-2(3)4/h17-19H,3-16H2,1-2H3;1H3,(H,3,4)/q+1;/p-1. The van der Waals surface area contributed by atoms with Gasteiger partial charge in [-0.3, -0.25) is 0 Å². The Hall–Kier alpha value is -1.32. The minimum absolute atomic E-state index is 0.972. The average Bonchev–Trinajstić information content (AvgIpc) is 3.02. The topological polar surface area (TPSA) is 48.9 Å². The number of carboxylic acids is 1. The number of carbonyl (C=O) groups excluding carboxylic acids is 1. The minimum atomic E-state index is -1.08. The average molecular weight is 353 g/mol. The first kappa shape index (κ1) is 23.7. The van der Waals surface area contributed by atoms with Crippen LogP contribution in [0.25, 0.3) is 0 Å². The molecule has 0 unspecified atom stereocenters. The summed E-state index contributed by atoms with van der Waals surface area (Å²) in [6.45, 7) is 7.87. The van der Waals surface area contributed by atoms with Gasteiger partial charge < -0.3 is 9.90 Å². The molecule has 0 aliphatic rings. The second-order valence-corrected chi connectivity index (χ2v) is 6.92. The van der Waals surface area contributed by atoms with Gasteiger partial charge in [0.25, 0.3) is 0 Å². The Kier molecular flexibility index (Phi) is 16.6. The highest BCUT2D eigenvalue weighted by atomic mass is 16.4. The maximum atomic E-state index is 8.89.